The average molecular weight is 267 g/mol. The van der Waals surface area contributed by atoms with Gasteiger partial charge in [-0.2, -0.15) is 4.98 Å². The van der Waals surface area contributed by atoms with Crippen molar-refractivity contribution < 1.29 is 14.4 Å². The van der Waals surface area contributed by atoms with Crippen molar-refractivity contribution in [3.05, 3.63) is 11.7 Å². The molecule has 0 spiro atoms. The van der Waals surface area contributed by atoms with E-state index in [0.717, 1.165) is 32.2 Å². The van der Waals surface area contributed by atoms with Gasteiger partial charge in [0.25, 0.3) is 5.89 Å². The van der Waals surface area contributed by atoms with Crippen LogP contribution < -0.4 is 5.32 Å². The maximum absolute atomic E-state index is 10.4. The highest BCUT2D eigenvalue weighted by Crippen LogP contribution is 2.41. The number of ether oxygens (including phenoxy) is 1. The molecular formula is C13H21N3O3. The maximum atomic E-state index is 10.4. The van der Waals surface area contributed by atoms with Gasteiger partial charge in [-0.15, -0.1) is 0 Å². The first kappa shape index (κ1) is 13.0. The van der Waals surface area contributed by atoms with Gasteiger partial charge >= 0.3 is 0 Å². The molecule has 1 atom stereocenters. The SMILES string of the molecule is CCOC1(c2noc(C3(O)CCNC3)n2)CCCC1. The van der Waals surface area contributed by atoms with Crippen LogP contribution in [0.1, 0.15) is 50.7 Å². The second-order valence-electron chi connectivity index (χ2n) is 5.52. The largest absolute Gasteiger partial charge is 0.379 e. The van der Waals surface area contributed by atoms with Gasteiger partial charge in [0.05, 0.1) is 0 Å². The third-order valence-electron chi connectivity index (χ3n) is 4.20. The Hall–Kier alpha value is -0.980. The summed E-state index contributed by atoms with van der Waals surface area (Å²) < 4.78 is 11.2. The zero-order chi connectivity index (χ0) is 13.3. The molecule has 1 aliphatic carbocycles. The Morgan fingerprint density at radius 1 is 1.37 bits per heavy atom. The zero-order valence-electron chi connectivity index (χ0n) is 11.3. The van der Waals surface area contributed by atoms with Gasteiger partial charge in [0.2, 0.25) is 5.82 Å². The second kappa shape index (κ2) is 4.85. The minimum absolute atomic E-state index is 0.318. The fourth-order valence-electron chi connectivity index (χ4n) is 3.11. The number of rotatable bonds is 4. The van der Waals surface area contributed by atoms with Crippen molar-refractivity contribution in [1.29, 1.82) is 0 Å². The van der Waals surface area contributed by atoms with Crippen molar-refractivity contribution in [3.8, 4) is 0 Å². The van der Waals surface area contributed by atoms with Gasteiger partial charge in [-0.05, 0) is 45.6 Å². The minimum Gasteiger partial charge on any atom is -0.379 e. The van der Waals surface area contributed by atoms with E-state index in [0.29, 0.717) is 31.3 Å². The van der Waals surface area contributed by atoms with Crippen LogP contribution in [0.25, 0.3) is 0 Å². The molecule has 6 heteroatoms. The maximum Gasteiger partial charge on any atom is 0.260 e. The molecule has 1 aromatic rings. The molecular weight excluding hydrogens is 246 g/mol. The molecule has 2 aliphatic rings. The highest BCUT2D eigenvalue weighted by atomic mass is 16.5. The molecule has 2 fully saturated rings. The molecule has 2 heterocycles. The number of aliphatic hydroxyl groups is 1. The van der Waals surface area contributed by atoms with Gasteiger partial charge in [-0.25, -0.2) is 0 Å². The molecule has 1 unspecified atom stereocenters. The summed E-state index contributed by atoms with van der Waals surface area (Å²) in [4.78, 5) is 4.44. The monoisotopic (exact) mass is 267 g/mol. The molecule has 6 nitrogen and oxygen atoms in total. The van der Waals surface area contributed by atoms with Gasteiger partial charge in [-0.3, -0.25) is 0 Å². The van der Waals surface area contributed by atoms with E-state index in [4.69, 9.17) is 9.26 Å². The smallest absolute Gasteiger partial charge is 0.260 e. The first-order valence-electron chi connectivity index (χ1n) is 7.10. The van der Waals surface area contributed by atoms with E-state index in [9.17, 15) is 5.11 Å². The predicted molar refractivity (Wildman–Crippen MR) is 67.5 cm³/mol. The van der Waals surface area contributed by atoms with Crippen LogP contribution in [0.3, 0.4) is 0 Å². The lowest BCUT2D eigenvalue weighted by molar-refractivity contribution is -0.0469. The van der Waals surface area contributed by atoms with E-state index in [1.54, 1.807) is 0 Å². The van der Waals surface area contributed by atoms with Crippen molar-refractivity contribution in [2.75, 3.05) is 19.7 Å². The quantitative estimate of drug-likeness (QED) is 0.849. The standard InChI is InChI=1S/C13H21N3O3/c1-2-18-13(5-3-4-6-13)10-15-11(19-16-10)12(17)7-8-14-9-12/h14,17H,2-9H2,1H3. The highest BCUT2D eigenvalue weighted by molar-refractivity contribution is 5.09. The van der Waals surface area contributed by atoms with E-state index in [1.165, 1.54) is 0 Å². The zero-order valence-corrected chi connectivity index (χ0v) is 11.3. The number of aromatic nitrogens is 2. The first-order valence-corrected chi connectivity index (χ1v) is 7.10. The lowest BCUT2D eigenvalue weighted by Gasteiger charge is -2.24. The third kappa shape index (κ3) is 2.17. The summed E-state index contributed by atoms with van der Waals surface area (Å²) in [5, 5.41) is 17.6. The van der Waals surface area contributed by atoms with E-state index >= 15 is 0 Å². The first-order chi connectivity index (χ1) is 9.19. The number of hydrogen-bond donors (Lipinski definition) is 2. The molecule has 0 aromatic carbocycles. The summed E-state index contributed by atoms with van der Waals surface area (Å²) in [5.74, 6) is 0.917. The van der Waals surface area contributed by atoms with Crippen LogP contribution in [-0.4, -0.2) is 34.9 Å². The van der Waals surface area contributed by atoms with Gasteiger partial charge in [0.1, 0.15) is 5.60 Å². The molecule has 1 aromatic heterocycles. The van der Waals surface area contributed by atoms with Gasteiger partial charge in [-0.1, -0.05) is 5.16 Å². The fourth-order valence-corrected chi connectivity index (χ4v) is 3.11. The molecule has 1 aliphatic heterocycles. The number of hydrogen-bond acceptors (Lipinski definition) is 6. The summed E-state index contributed by atoms with van der Waals surface area (Å²) in [5.41, 5.74) is -1.42. The summed E-state index contributed by atoms with van der Waals surface area (Å²) >= 11 is 0. The van der Waals surface area contributed by atoms with E-state index in [1.807, 2.05) is 6.92 Å². The minimum atomic E-state index is -1.02. The van der Waals surface area contributed by atoms with Crippen LogP contribution in [0.4, 0.5) is 0 Å². The number of nitrogens with zero attached hydrogens (tertiary/aromatic N) is 2. The van der Waals surface area contributed by atoms with E-state index in [-0.39, 0.29) is 0 Å². The molecule has 0 radical (unpaired) electrons. The highest BCUT2D eigenvalue weighted by Gasteiger charge is 2.44. The summed E-state index contributed by atoms with van der Waals surface area (Å²) in [7, 11) is 0. The van der Waals surface area contributed by atoms with Crippen LogP contribution in [0.2, 0.25) is 0 Å². The Morgan fingerprint density at radius 2 is 2.16 bits per heavy atom. The summed E-state index contributed by atoms with van der Waals surface area (Å²) in [6.45, 7) is 3.85. The van der Waals surface area contributed by atoms with E-state index in [2.05, 4.69) is 15.5 Å². The molecule has 1 saturated heterocycles. The molecule has 2 N–H and O–H groups in total. The third-order valence-corrected chi connectivity index (χ3v) is 4.20. The Kier molecular flexibility index (Phi) is 3.32. The van der Waals surface area contributed by atoms with E-state index < -0.39 is 11.2 Å². The normalized spacial score (nSPS) is 30.0. The van der Waals surface area contributed by atoms with Crippen molar-refractivity contribution in [2.24, 2.45) is 0 Å². The van der Waals surface area contributed by atoms with Crippen molar-refractivity contribution >= 4 is 0 Å². The van der Waals surface area contributed by atoms with Gasteiger partial charge < -0.3 is 19.7 Å². The Bertz CT molecular complexity index is 434. The van der Waals surface area contributed by atoms with Crippen LogP contribution >= 0.6 is 0 Å². The lowest BCUT2D eigenvalue weighted by Crippen LogP contribution is -2.30. The van der Waals surface area contributed by atoms with Crippen LogP contribution in [0.5, 0.6) is 0 Å². The topological polar surface area (TPSA) is 80.4 Å². The lowest BCUT2D eigenvalue weighted by atomic mass is 10.0. The number of β-amino-alcohol motifs (C(OH)–C–C–N with tert-alkyl or cyclic N) is 1. The van der Waals surface area contributed by atoms with Crippen LogP contribution in [-0.2, 0) is 15.9 Å². The molecule has 0 amide bonds. The van der Waals surface area contributed by atoms with Crippen molar-refractivity contribution in [3.63, 3.8) is 0 Å². The fraction of sp³-hybridized carbons (Fsp3) is 0.846. The van der Waals surface area contributed by atoms with Crippen molar-refractivity contribution in [1.82, 2.24) is 15.5 Å². The average Bonchev–Trinajstić information content (AvgIpc) is 3.07. The molecule has 3 rings (SSSR count). The Morgan fingerprint density at radius 3 is 2.79 bits per heavy atom. The van der Waals surface area contributed by atoms with Crippen LogP contribution in [0, 0.1) is 0 Å². The van der Waals surface area contributed by atoms with Gasteiger partial charge in [0, 0.05) is 13.2 Å². The molecule has 1 saturated carbocycles. The second-order valence-corrected chi connectivity index (χ2v) is 5.52. The summed E-state index contributed by atoms with van der Waals surface area (Å²) in [6.07, 6.45) is 4.70. The predicted octanol–water partition coefficient (Wildman–Crippen LogP) is 1.06. The Balaban J connectivity index is 1.87. The molecule has 19 heavy (non-hydrogen) atoms. The molecule has 0 bridgehead atoms. The van der Waals surface area contributed by atoms with Gasteiger partial charge in [0.15, 0.2) is 5.60 Å². The molecule has 106 valence electrons. The van der Waals surface area contributed by atoms with Crippen molar-refractivity contribution in [2.45, 2.75) is 50.2 Å². The van der Waals surface area contributed by atoms with Crippen LogP contribution in [0.15, 0.2) is 4.52 Å². The number of nitrogens with one attached hydrogen (secondary N) is 1. The summed E-state index contributed by atoms with van der Waals surface area (Å²) in [6, 6.07) is 0. The Labute approximate surface area is 112 Å².